The fourth-order valence-corrected chi connectivity index (χ4v) is 2.79. The van der Waals surface area contributed by atoms with Gasteiger partial charge in [-0.2, -0.15) is 0 Å². The summed E-state index contributed by atoms with van der Waals surface area (Å²) in [5, 5.41) is 3.32. The molecule has 0 aromatic heterocycles. The van der Waals surface area contributed by atoms with Gasteiger partial charge in [-0.25, -0.2) is 0 Å². The molecule has 1 heterocycles. The van der Waals surface area contributed by atoms with Gasteiger partial charge in [-0.05, 0) is 31.5 Å². The van der Waals surface area contributed by atoms with Gasteiger partial charge in [0.1, 0.15) is 0 Å². The largest absolute Gasteiger partial charge is 0.493 e. The number of nitrogens with one attached hydrogen (secondary N) is 1. The molecule has 1 aromatic rings. The van der Waals surface area contributed by atoms with E-state index in [9.17, 15) is 4.79 Å². The first-order valence-corrected chi connectivity index (χ1v) is 8.02. The smallest absolute Gasteiger partial charge is 0.226 e. The Morgan fingerprint density at radius 2 is 2.14 bits per heavy atom. The van der Waals surface area contributed by atoms with Crippen LogP contribution in [0.15, 0.2) is 24.3 Å². The summed E-state index contributed by atoms with van der Waals surface area (Å²) in [5.41, 5.74) is 0. The fourth-order valence-electron chi connectivity index (χ4n) is 2.79. The second-order valence-electron chi connectivity index (χ2n) is 5.48. The Balaban J connectivity index is 1.85. The van der Waals surface area contributed by atoms with E-state index < -0.39 is 0 Å². The minimum atomic E-state index is 0.172. The van der Waals surface area contributed by atoms with Gasteiger partial charge in [-0.3, -0.25) is 4.79 Å². The molecule has 1 unspecified atom stereocenters. The van der Waals surface area contributed by atoms with Crippen LogP contribution in [0.5, 0.6) is 11.5 Å². The molecule has 1 N–H and O–H groups in total. The van der Waals surface area contributed by atoms with Crippen LogP contribution in [0.2, 0.25) is 0 Å². The normalized spacial score (nSPS) is 17.3. The number of methoxy groups -OCH3 is 1. The van der Waals surface area contributed by atoms with Crippen LogP contribution in [0.1, 0.15) is 26.2 Å². The van der Waals surface area contributed by atoms with Crippen LogP contribution in [-0.4, -0.2) is 50.2 Å². The van der Waals surface area contributed by atoms with E-state index in [-0.39, 0.29) is 5.91 Å². The van der Waals surface area contributed by atoms with Crippen LogP contribution in [0, 0.1) is 0 Å². The van der Waals surface area contributed by atoms with Crippen LogP contribution in [0.25, 0.3) is 0 Å². The number of hydrogen-bond acceptors (Lipinski definition) is 4. The van der Waals surface area contributed by atoms with Gasteiger partial charge < -0.3 is 19.7 Å². The van der Waals surface area contributed by atoms with E-state index in [1.807, 2.05) is 29.2 Å². The van der Waals surface area contributed by atoms with E-state index >= 15 is 0 Å². The van der Waals surface area contributed by atoms with Crippen molar-refractivity contribution in [2.24, 2.45) is 0 Å². The number of ether oxygens (including phenoxy) is 2. The highest BCUT2D eigenvalue weighted by Gasteiger charge is 2.25. The third kappa shape index (κ3) is 4.37. The summed E-state index contributed by atoms with van der Waals surface area (Å²) in [6.07, 6.45) is 2.42. The van der Waals surface area contributed by atoms with Crippen LogP contribution >= 0.6 is 0 Å². The number of hydrogen-bond donors (Lipinski definition) is 1. The first-order chi connectivity index (χ1) is 10.8. The Labute approximate surface area is 132 Å². The maximum atomic E-state index is 12.5. The van der Waals surface area contributed by atoms with Crippen LogP contribution < -0.4 is 14.8 Å². The minimum absolute atomic E-state index is 0.172. The van der Waals surface area contributed by atoms with Gasteiger partial charge >= 0.3 is 0 Å². The standard InChI is InChI=1S/C17H26N2O3/c1-3-11-19(14-8-10-18-13-14)17(20)9-12-22-16-7-5-4-6-15(16)21-2/h4-7,14,18H,3,8-13H2,1-2H3. The molecule has 22 heavy (non-hydrogen) atoms. The van der Waals surface area contributed by atoms with Crippen LogP contribution in [-0.2, 0) is 4.79 Å². The fraction of sp³-hybridized carbons (Fsp3) is 0.588. The Kier molecular flexibility index (Phi) is 6.52. The summed E-state index contributed by atoms with van der Waals surface area (Å²) in [4.78, 5) is 14.5. The number of benzene rings is 1. The molecule has 0 saturated carbocycles. The molecule has 1 aliphatic heterocycles. The molecule has 5 nitrogen and oxygen atoms in total. The topological polar surface area (TPSA) is 50.8 Å². The van der Waals surface area contributed by atoms with Gasteiger partial charge in [0, 0.05) is 19.1 Å². The molecule has 1 aromatic carbocycles. The molecule has 1 aliphatic rings. The molecule has 122 valence electrons. The maximum absolute atomic E-state index is 12.5. The zero-order chi connectivity index (χ0) is 15.8. The van der Waals surface area contributed by atoms with Crippen molar-refractivity contribution in [3.63, 3.8) is 0 Å². The average Bonchev–Trinajstić information content (AvgIpc) is 3.07. The average molecular weight is 306 g/mol. The van der Waals surface area contributed by atoms with Gasteiger partial charge in [0.2, 0.25) is 5.91 Å². The summed E-state index contributed by atoms with van der Waals surface area (Å²) in [7, 11) is 1.61. The van der Waals surface area contributed by atoms with E-state index in [1.165, 1.54) is 0 Å². The molecule has 2 rings (SSSR count). The van der Waals surface area contributed by atoms with Crippen molar-refractivity contribution in [1.82, 2.24) is 10.2 Å². The molecular weight excluding hydrogens is 280 g/mol. The monoisotopic (exact) mass is 306 g/mol. The van der Waals surface area contributed by atoms with E-state index in [0.29, 0.717) is 30.6 Å². The lowest BCUT2D eigenvalue weighted by Crippen LogP contribution is -2.42. The summed E-state index contributed by atoms with van der Waals surface area (Å²) in [6, 6.07) is 7.83. The van der Waals surface area contributed by atoms with E-state index in [2.05, 4.69) is 12.2 Å². The van der Waals surface area contributed by atoms with Gasteiger partial charge in [0.05, 0.1) is 20.1 Å². The lowest BCUT2D eigenvalue weighted by molar-refractivity contribution is -0.133. The Hall–Kier alpha value is -1.75. The van der Waals surface area contributed by atoms with Crippen molar-refractivity contribution in [2.75, 3.05) is 33.4 Å². The minimum Gasteiger partial charge on any atom is -0.493 e. The number of para-hydroxylation sites is 2. The first kappa shape index (κ1) is 16.6. The lowest BCUT2D eigenvalue weighted by atomic mass is 10.2. The molecule has 0 aliphatic carbocycles. The highest BCUT2D eigenvalue weighted by molar-refractivity contribution is 5.76. The molecule has 1 amide bonds. The van der Waals surface area contributed by atoms with Gasteiger partial charge in [-0.15, -0.1) is 0 Å². The van der Waals surface area contributed by atoms with Crippen molar-refractivity contribution in [3.05, 3.63) is 24.3 Å². The number of carbonyl (C=O) groups is 1. The molecule has 1 saturated heterocycles. The van der Waals surface area contributed by atoms with Crippen molar-refractivity contribution in [3.8, 4) is 11.5 Å². The molecule has 1 fully saturated rings. The number of carbonyl (C=O) groups excluding carboxylic acids is 1. The van der Waals surface area contributed by atoms with Gasteiger partial charge in [-0.1, -0.05) is 19.1 Å². The van der Waals surface area contributed by atoms with Crippen molar-refractivity contribution >= 4 is 5.91 Å². The molecule has 5 heteroatoms. The Morgan fingerprint density at radius 3 is 2.77 bits per heavy atom. The van der Waals surface area contributed by atoms with E-state index in [1.54, 1.807) is 7.11 Å². The molecule has 0 bridgehead atoms. The maximum Gasteiger partial charge on any atom is 0.226 e. The molecule has 0 spiro atoms. The lowest BCUT2D eigenvalue weighted by Gasteiger charge is -2.28. The predicted octanol–water partition coefficient (Wildman–Crippen LogP) is 2.06. The second-order valence-corrected chi connectivity index (χ2v) is 5.48. The molecule has 0 radical (unpaired) electrons. The number of rotatable bonds is 8. The van der Waals surface area contributed by atoms with E-state index in [4.69, 9.17) is 9.47 Å². The first-order valence-electron chi connectivity index (χ1n) is 8.02. The quantitative estimate of drug-likeness (QED) is 0.799. The van der Waals surface area contributed by atoms with Crippen molar-refractivity contribution in [1.29, 1.82) is 0 Å². The molecule has 1 atom stereocenters. The van der Waals surface area contributed by atoms with Gasteiger partial charge in [0.25, 0.3) is 0 Å². The van der Waals surface area contributed by atoms with Crippen molar-refractivity contribution in [2.45, 2.75) is 32.2 Å². The Bertz CT molecular complexity index is 473. The SMILES string of the molecule is CCCN(C(=O)CCOc1ccccc1OC)C1CCNC1. The van der Waals surface area contributed by atoms with Crippen LogP contribution in [0.3, 0.4) is 0 Å². The summed E-state index contributed by atoms with van der Waals surface area (Å²) >= 11 is 0. The highest BCUT2D eigenvalue weighted by Crippen LogP contribution is 2.25. The summed E-state index contributed by atoms with van der Waals surface area (Å²) in [5.74, 6) is 1.55. The summed E-state index contributed by atoms with van der Waals surface area (Å²) in [6.45, 7) is 5.20. The zero-order valence-corrected chi connectivity index (χ0v) is 13.5. The van der Waals surface area contributed by atoms with Crippen LogP contribution in [0.4, 0.5) is 0 Å². The Morgan fingerprint density at radius 1 is 1.36 bits per heavy atom. The van der Waals surface area contributed by atoms with E-state index in [0.717, 1.165) is 32.5 Å². The number of amides is 1. The number of nitrogens with zero attached hydrogens (tertiary/aromatic N) is 1. The van der Waals surface area contributed by atoms with Crippen molar-refractivity contribution < 1.29 is 14.3 Å². The third-order valence-corrected chi connectivity index (χ3v) is 3.90. The van der Waals surface area contributed by atoms with Gasteiger partial charge in [0.15, 0.2) is 11.5 Å². The highest BCUT2D eigenvalue weighted by atomic mass is 16.5. The third-order valence-electron chi connectivity index (χ3n) is 3.90. The predicted molar refractivity (Wildman–Crippen MR) is 86.4 cm³/mol. The second kappa shape index (κ2) is 8.63. The molecular formula is C17H26N2O3. The zero-order valence-electron chi connectivity index (χ0n) is 13.5. The summed E-state index contributed by atoms with van der Waals surface area (Å²) < 4.78 is 10.9.